The first kappa shape index (κ1) is 18.1. The molecule has 2 aromatic rings. The number of benzene rings is 1. The van der Waals surface area contributed by atoms with Gasteiger partial charge in [-0.1, -0.05) is 12.1 Å². The standard InChI is InChI=1S/C17H13F6N3/c18-16(19,20)13-3-1-2-12(7-13)15-14(17(21,22)23)6-11(8-25-15)9-26-5-4-24-10-26/h1-8,24H,9-10H2. The predicted octanol–water partition coefficient (Wildman–Crippen LogP) is 4.62. The van der Waals surface area contributed by atoms with Crippen molar-refractivity contribution in [2.24, 2.45) is 0 Å². The monoisotopic (exact) mass is 373 g/mol. The highest BCUT2D eigenvalue weighted by atomic mass is 19.4. The summed E-state index contributed by atoms with van der Waals surface area (Å²) in [5, 5.41) is 2.89. The molecule has 0 spiro atoms. The quantitative estimate of drug-likeness (QED) is 0.796. The third-order valence-electron chi connectivity index (χ3n) is 3.80. The Morgan fingerprint density at radius 3 is 2.42 bits per heavy atom. The number of hydrogen-bond acceptors (Lipinski definition) is 3. The van der Waals surface area contributed by atoms with Crippen molar-refractivity contribution in [3.05, 3.63) is 65.6 Å². The molecule has 1 aromatic carbocycles. The summed E-state index contributed by atoms with van der Waals surface area (Å²) < 4.78 is 78.9. The maximum absolute atomic E-state index is 13.5. The van der Waals surface area contributed by atoms with Gasteiger partial charge in [-0.15, -0.1) is 0 Å². The van der Waals surface area contributed by atoms with Gasteiger partial charge < -0.3 is 10.2 Å². The minimum Gasteiger partial charge on any atom is -0.373 e. The van der Waals surface area contributed by atoms with Crippen molar-refractivity contribution in [1.82, 2.24) is 15.2 Å². The molecule has 0 fully saturated rings. The molecule has 0 bridgehead atoms. The van der Waals surface area contributed by atoms with Crippen LogP contribution in [0.5, 0.6) is 0 Å². The summed E-state index contributed by atoms with van der Waals surface area (Å²) >= 11 is 0. The Hall–Kier alpha value is -2.71. The smallest absolute Gasteiger partial charge is 0.373 e. The number of alkyl halides is 6. The van der Waals surface area contributed by atoms with E-state index >= 15 is 0 Å². The van der Waals surface area contributed by atoms with Crippen LogP contribution in [-0.2, 0) is 18.9 Å². The lowest BCUT2D eigenvalue weighted by molar-refractivity contribution is -0.137. The first-order valence-electron chi connectivity index (χ1n) is 7.52. The van der Waals surface area contributed by atoms with Crippen LogP contribution in [0.4, 0.5) is 26.3 Å². The summed E-state index contributed by atoms with van der Waals surface area (Å²) in [5.41, 5.74) is -2.54. The van der Waals surface area contributed by atoms with Gasteiger partial charge in [0, 0.05) is 30.7 Å². The third-order valence-corrected chi connectivity index (χ3v) is 3.80. The predicted molar refractivity (Wildman–Crippen MR) is 82.4 cm³/mol. The Labute approximate surface area is 145 Å². The van der Waals surface area contributed by atoms with E-state index in [2.05, 4.69) is 10.3 Å². The van der Waals surface area contributed by atoms with E-state index in [1.807, 2.05) is 0 Å². The van der Waals surface area contributed by atoms with Gasteiger partial charge >= 0.3 is 12.4 Å². The second-order valence-electron chi connectivity index (χ2n) is 5.74. The second-order valence-corrected chi connectivity index (χ2v) is 5.74. The van der Waals surface area contributed by atoms with Gasteiger partial charge in [-0.3, -0.25) is 4.98 Å². The fourth-order valence-corrected chi connectivity index (χ4v) is 2.61. The SMILES string of the molecule is FC(F)(F)c1cccc(-c2ncc(CN3C=CNC3)cc2C(F)(F)F)c1. The normalized spacial score (nSPS) is 14.6. The van der Waals surface area contributed by atoms with Crippen molar-refractivity contribution < 1.29 is 26.3 Å². The van der Waals surface area contributed by atoms with Crippen LogP contribution in [0.2, 0.25) is 0 Å². The number of hydrogen-bond donors (Lipinski definition) is 1. The van der Waals surface area contributed by atoms with E-state index in [4.69, 9.17) is 0 Å². The summed E-state index contributed by atoms with van der Waals surface area (Å²) in [7, 11) is 0. The van der Waals surface area contributed by atoms with Crippen molar-refractivity contribution >= 4 is 0 Å². The van der Waals surface area contributed by atoms with E-state index in [0.717, 1.165) is 18.2 Å². The number of rotatable bonds is 3. The molecule has 138 valence electrons. The van der Waals surface area contributed by atoms with Crippen molar-refractivity contribution in [3.8, 4) is 11.3 Å². The molecule has 0 saturated carbocycles. The second kappa shape index (κ2) is 6.54. The maximum Gasteiger partial charge on any atom is 0.418 e. The Morgan fingerprint density at radius 1 is 1.04 bits per heavy atom. The van der Waals surface area contributed by atoms with Crippen LogP contribution < -0.4 is 5.32 Å². The van der Waals surface area contributed by atoms with Gasteiger partial charge in [0.1, 0.15) is 0 Å². The zero-order valence-corrected chi connectivity index (χ0v) is 13.2. The lowest BCUT2D eigenvalue weighted by Crippen LogP contribution is -2.20. The summed E-state index contributed by atoms with van der Waals surface area (Å²) in [6.07, 6.45) is -4.80. The zero-order valence-electron chi connectivity index (χ0n) is 13.2. The lowest BCUT2D eigenvalue weighted by atomic mass is 10.0. The topological polar surface area (TPSA) is 28.2 Å². The van der Waals surface area contributed by atoms with Crippen LogP contribution in [0.25, 0.3) is 11.3 Å². The van der Waals surface area contributed by atoms with Gasteiger partial charge in [-0.2, -0.15) is 26.3 Å². The van der Waals surface area contributed by atoms with Gasteiger partial charge in [-0.05, 0) is 23.8 Å². The molecule has 3 nitrogen and oxygen atoms in total. The first-order valence-corrected chi connectivity index (χ1v) is 7.52. The molecule has 0 atom stereocenters. The van der Waals surface area contributed by atoms with Crippen LogP contribution in [0.1, 0.15) is 16.7 Å². The van der Waals surface area contributed by atoms with Gasteiger partial charge in [0.25, 0.3) is 0 Å². The molecule has 3 rings (SSSR count). The van der Waals surface area contributed by atoms with Crippen LogP contribution in [0, 0.1) is 0 Å². The average Bonchev–Trinajstić information content (AvgIpc) is 3.06. The van der Waals surface area contributed by atoms with Gasteiger partial charge in [0.05, 0.1) is 23.5 Å². The first-order chi connectivity index (χ1) is 12.1. The van der Waals surface area contributed by atoms with Crippen molar-refractivity contribution in [2.75, 3.05) is 6.67 Å². The number of nitrogens with one attached hydrogen (secondary N) is 1. The Bertz CT molecular complexity index is 826. The van der Waals surface area contributed by atoms with Crippen LogP contribution >= 0.6 is 0 Å². The van der Waals surface area contributed by atoms with Crippen LogP contribution in [-0.4, -0.2) is 16.6 Å². The van der Waals surface area contributed by atoms with Gasteiger partial charge in [0.2, 0.25) is 0 Å². The molecule has 1 N–H and O–H groups in total. The third kappa shape index (κ3) is 3.92. The highest BCUT2D eigenvalue weighted by Crippen LogP contribution is 2.38. The molecule has 0 aliphatic carbocycles. The number of pyridine rings is 1. The van der Waals surface area contributed by atoms with Gasteiger partial charge in [-0.25, -0.2) is 0 Å². The molecule has 0 saturated heterocycles. The molecule has 9 heteroatoms. The molecule has 1 aliphatic rings. The van der Waals surface area contributed by atoms with Gasteiger partial charge in [0.15, 0.2) is 0 Å². The molecule has 26 heavy (non-hydrogen) atoms. The van der Waals surface area contributed by atoms with Crippen LogP contribution in [0.15, 0.2) is 48.9 Å². The summed E-state index contributed by atoms with van der Waals surface area (Å²) in [6.45, 7) is 0.652. The molecule has 0 radical (unpaired) electrons. The fourth-order valence-electron chi connectivity index (χ4n) is 2.61. The van der Waals surface area contributed by atoms with Crippen LogP contribution in [0.3, 0.4) is 0 Å². The fraction of sp³-hybridized carbons (Fsp3) is 0.235. The van der Waals surface area contributed by atoms with E-state index < -0.39 is 29.2 Å². The zero-order chi connectivity index (χ0) is 18.9. The largest absolute Gasteiger partial charge is 0.418 e. The minimum absolute atomic E-state index is 0.197. The minimum atomic E-state index is -4.74. The highest BCUT2D eigenvalue weighted by molar-refractivity contribution is 5.65. The van der Waals surface area contributed by atoms with Crippen molar-refractivity contribution in [3.63, 3.8) is 0 Å². The number of nitrogens with zero attached hydrogens (tertiary/aromatic N) is 2. The van der Waals surface area contributed by atoms with E-state index in [1.165, 1.54) is 12.3 Å². The molecule has 1 aromatic heterocycles. The van der Waals surface area contributed by atoms with Crippen molar-refractivity contribution in [2.45, 2.75) is 18.9 Å². The summed E-state index contributed by atoms with van der Waals surface area (Å²) in [6, 6.07) is 4.64. The summed E-state index contributed by atoms with van der Waals surface area (Å²) in [4.78, 5) is 5.56. The molecule has 1 aliphatic heterocycles. The van der Waals surface area contributed by atoms with E-state index in [9.17, 15) is 26.3 Å². The molecule has 0 unspecified atom stereocenters. The molecule has 0 amide bonds. The Balaban J connectivity index is 2.02. The van der Waals surface area contributed by atoms with E-state index in [-0.39, 0.29) is 12.1 Å². The lowest BCUT2D eigenvalue weighted by Gasteiger charge is -2.18. The van der Waals surface area contributed by atoms with E-state index in [0.29, 0.717) is 18.3 Å². The average molecular weight is 373 g/mol. The summed E-state index contributed by atoms with van der Waals surface area (Å²) in [5.74, 6) is 0. The number of halogens is 6. The van der Waals surface area contributed by atoms with Crippen molar-refractivity contribution in [1.29, 1.82) is 0 Å². The van der Waals surface area contributed by atoms with E-state index in [1.54, 1.807) is 17.3 Å². The highest BCUT2D eigenvalue weighted by Gasteiger charge is 2.36. The molecular formula is C17H13F6N3. The Kier molecular flexibility index (Phi) is 4.55. The Morgan fingerprint density at radius 2 is 1.81 bits per heavy atom. The maximum atomic E-state index is 13.5. The number of aromatic nitrogens is 1. The molecule has 2 heterocycles. The molecular weight excluding hydrogens is 360 g/mol.